The number of carbonyl (C=O) groups is 2. The number of carboxylic acids is 1. The van der Waals surface area contributed by atoms with Gasteiger partial charge in [-0.2, -0.15) is 0 Å². The van der Waals surface area contributed by atoms with Crippen molar-refractivity contribution in [1.29, 1.82) is 0 Å². The van der Waals surface area contributed by atoms with Crippen molar-refractivity contribution in [2.24, 2.45) is 17.8 Å². The van der Waals surface area contributed by atoms with E-state index in [2.05, 4.69) is 0 Å². The second kappa shape index (κ2) is 6.32. The lowest BCUT2D eigenvalue weighted by Crippen LogP contribution is -2.27. The molecule has 0 unspecified atom stereocenters. The summed E-state index contributed by atoms with van der Waals surface area (Å²) in [4.78, 5) is 25.2. The highest BCUT2D eigenvalue weighted by Crippen LogP contribution is 2.53. The van der Waals surface area contributed by atoms with Crippen LogP contribution in [-0.2, 0) is 4.79 Å². The molecule has 25 heavy (non-hydrogen) atoms. The zero-order valence-electron chi connectivity index (χ0n) is 13.8. The van der Waals surface area contributed by atoms with Crippen molar-refractivity contribution in [2.75, 3.05) is 0 Å². The van der Waals surface area contributed by atoms with E-state index in [1.54, 1.807) is 0 Å². The van der Waals surface area contributed by atoms with Crippen LogP contribution >= 0.6 is 0 Å². The van der Waals surface area contributed by atoms with Crippen LogP contribution < -0.4 is 0 Å². The SMILES string of the molecule is O=C(O)C1=C[C@H](C2CC2)[C@@H](C(=O)c2ccccc2)[C@@H]1c1ccccc1. The van der Waals surface area contributed by atoms with Gasteiger partial charge in [-0.05, 0) is 30.2 Å². The van der Waals surface area contributed by atoms with Crippen molar-refractivity contribution < 1.29 is 14.7 Å². The molecule has 0 aliphatic heterocycles. The first-order chi connectivity index (χ1) is 12.2. The van der Waals surface area contributed by atoms with E-state index >= 15 is 0 Å². The average Bonchev–Trinajstić information content (AvgIpc) is 3.41. The molecule has 0 radical (unpaired) electrons. The molecule has 4 rings (SSSR count). The summed E-state index contributed by atoms with van der Waals surface area (Å²) in [7, 11) is 0. The largest absolute Gasteiger partial charge is 0.478 e. The van der Waals surface area contributed by atoms with Gasteiger partial charge in [-0.15, -0.1) is 0 Å². The van der Waals surface area contributed by atoms with Crippen molar-refractivity contribution in [2.45, 2.75) is 18.8 Å². The zero-order valence-corrected chi connectivity index (χ0v) is 13.8. The van der Waals surface area contributed by atoms with Gasteiger partial charge in [-0.3, -0.25) is 4.79 Å². The van der Waals surface area contributed by atoms with Crippen LogP contribution in [0.4, 0.5) is 0 Å². The normalized spacial score (nSPS) is 25.4. The summed E-state index contributed by atoms with van der Waals surface area (Å²) in [6.45, 7) is 0. The first-order valence-corrected chi connectivity index (χ1v) is 8.76. The van der Waals surface area contributed by atoms with Crippen LogP contribution in [0.5, 0.6) is 0 Å². The van der Waals surface area contributed by atoms with Crippen LogP contribution in [0.1, 0.15) is 34.7 Å². The van der Waals surface area contributed by atoms with Crippen LogP contribution in [0.15, 0.2) is 72.3 Å². The fraction of sp³-hybridized carbons (Fsp3) is 0.273. The molecule has 2 aromatic carbocycles. The summed E-state index contributed by atoms with van der Waals surface area (Å²) in [6.07, 6.45) is 4.02. The van der Waals surface area contributed by atoms with Crippen molar-refractivity contribution >= 4 is 11.8 Å². The molecule has 0 heterocycles. The number of rotatable bonds is 5. The number of Topliss-reactive ketones (excluding diaryl/α,β-unsaturated/α-hetero) is 1. The van der Waals surface area contributed by atoms with E-state index in [-0.39, 0.29) is 23.5 Å². The minimum absolute atomic E-state index is 0.0176. The summed E-state index contributed by atoms with van der Waals surface area (Å²) < 4.78 is 0. The Morgan fingerprint density at radius 2 is 1.48 bits per heavy atom. The molecule has 3 nitrogen and oxygen atoms in total. The maximum atomic E-state index is 13.3. The van der Waals surface area contributed by atoms with Gasteiger partial charge in [0.25, 0.3) is 0 Å². The quantitative estimate of drug-likeness (QED) is 0.830. The van der Waals surface area contributed by atoms with Crippen LogP contribution in [0.25, 0.3) is 0 Å². The van der Waals surface area contributed by atoms with Gasteiger partial charge in [-0.1, -0.05) is 66.7 Å². The number of carboxylic acid groups (broad SMARTS) is 1. The van der Waals surface area contributed by atoms with Gasteiger partial charge in [0, 0.05) is 23.0 Å². The standard InChI is InChI=1S/C22H20O3/c23-21(16-9-5-2-6-10-16)20-17(14-11-12-14)13-18(22(24)25)19(20)15-7-3-1-4-8-15/h1-10,13-14,17,19-20H,11-12H2,(H,24,25)/t17-,19-,20-/m1/s1. The molecule has 0 saturated heterocycles. The van der Waals surface area contributed by atoms with Crippen LogP contribution in [0.3, 0.4) is 0 Å². The number of hydrogen-bond donors (Lipinski definition) is 1. The fourth-order valence-electron chi connectivity index (χ4n) is 4.11. The molecule has 2 aliphatic carbocycles. The number of allylic oxidation sites excluding steroid dienone is 1. The van der Waals surface area contributed by atoms with Gasteiger partial charge in [0.1, 0.15) is 0 Å². The van der Waals surface area contributed by atoms with Gasteiger partial charge in [-0.25, -0.2) is 4.79 Å². The Kier molecular flexibility index (Phi) is 4.00. The molecule has 0 amide bonds. The molecule has 1 saturated carbocycles. The topological polar surface area (TPSA) is 54.4 Å². The number of aliphatic carboxylic acids is 1. The summed E-state index contributed by atoms with van der Waals surface area (Å²) in [5.41, 5.74) is 1.95. The third-order valence-corrected chi connectivity index (χ3v) is 5.41. The van der Waals surface area contributed by atoms with Crippen molar-refractivity contribution in [1.82, 2.24) is 0 Å². The predicted octanol–water partition coefficient (Wildman–Crippen LogP) is 4.32. The number of carbonyl (C=O) groups excluding carboxylic acids is 1. The molecule has 126 valence electrons. The summed E-state index contributed by atoms with van der Waals surface area (Å²) in [5, 5.41) is 9.76. The molecule has 0 aromatic heterocycles. The number of benzene rings is 2. The zero-order chi connectivity index (χ0) is 17.4. The Labute approximate surface area is 147 Å². The molecule has 2 aliphatic rings. The highest BCUT2D eigenvalue weighted by molar-refractivity contribution is 6.02. The van der Waals surface area contributed by atoms with Gasteiger partial charge >= 0.3 is 5.97 Å². The average molecular weight is 332 g/mol. The first kappa shape index (κ1) is 15.8. The number of ketones is 1. The smallest absolute Gasteiger partial charge is 0.331 e. The van der Waals surface area contributed by atoms with E-state index < -0.39 is 5.97 Å². The summed E-state index contributed by atoms with van der Waals surface area (Å²) >= 11 is 0. The van der Waals surface area contributed by atoms with Gasteiger partial charge in [0.05, 0.1) is 0 Å². The predicted molar refractivity (Wildman–Crippen MR) is 95.4 cm³/mol. The molecule has 1 N–H and O–H groups in total. The molecular weight excluding hydrogens is 312 g/mol. The number of hydrogen-bond acceptors (Lipinski definition) is 2. The summed E-state index contributed by atoms with van der Waals surface area (Å²) in [6, 6.07) is 18.8. The van der Waals surface area contributed by atoms with Crippen LogP contribution in [0.2, 0.25) is 0 Å². The lowest BCUT2D eigenvalue weighted by Gasteiger charge is -2.25. The molecule has 3 heteroatoms. The molecule has 0 spiro atoms. The van der Waals surface area contributed by atoms with E-state index in [1.807, 2.05) is 66.7 Å². The minimum atomic E-state index is -0.914. The Morgan fingerprint density at radius 3 is 2.04 bits per heavy atom. The minimum Gasteiger partial charge on any atom is -0.478 e. The lowest BCUT2D eigenvalue weighted by molar-refractivity contribution is -0.132. The Morgan fingerprint density at radius 1 is 0.880 bits per heavy atom. The Bertz CT molecular complexity index is 819. The monoisotopic (exact) mass is 332 g/mol. The third-order valence-electron chi connectivity index (χ3n) is 5.41. The highest BCUT2D eigenvalue weighted by atomic mass is 16.4. The molecule has 0 bridgehead atoms. The van der Waals surface area contributed by atoms with E-state index in [4.69, 9.17) is 0 Å². The van der Waals surface area contributed by atoms with E-state index in [0.717, 1.165) is 18.4 Å². The second-order valence-corrected chi connectivity index (χ2v) is 6.99. The van der Waals surface area contributed by atoms with E-state index in [1.165, 1.54) is 0 Å². The molecule has 3 atom stereocenters. The van der Waals surface area contributed by atoms with Crippen molar-refractivity contribution in [3.8, 4) is 0 Å². The summed E-state index contributed by atoms with van der Waals surface area (Å²) in [5.74, 6) is -1.12. The van der Waals surface area contributed by atoms with E-state index in [9.17, 15) is 14.7 Å². The van der Waals surface area contributed by atoms with Crippen LogP contribution in [-0.4, -0.2) is 16.9 Å². The van der Waals surface area contributed by atoms with Gasteiger partial charge in [0.2, 0.25) is 0 Å². The van der Waals surface area contributed by atoms with Crippen LogP contribution in [0, 0.1) is 17.8 Å². The van der Waals surface area contributed by atoms with Gasteiger partial charge in [0.15, 0.2) is 5.78 Å². The first-order valence-electron chi connectivity index (χ1n) is 8.76. The molecule has 2 aromatic rings. The maximum absolute atomic E-state index is 13.3. The maximum Gasteiger partial charge on any atom is 0.331 e. The van der Waals surface area contributed by atoms with E-state index in [0.29, 0.717) is 17.1 Å². The second-order valence-electron chi connectivity index (χ2n) is 6.99. The fourth-order valence-corrected chi connectivity index (χ4v) is 4.11. The van der Waals surface area contributed by atoms with Gasteiger partial charge < -0.3 is 5.11 Å². The molecule has 1 fully saturated rings. The Hall–Kier alpha value is -2.68. The van der Waals surface area contributed by atoms with Crippen molar-refractivity contribution in [3.05, 3.63) is 83.4 Å². The lowest BCUT2D eigenvalue weighted by atomic mass is 9.75. The Balaban J connectivity index is 1.80. The highest BCUT2D eigenvalue weighted by Gasteiger charge is 2.49. The third kappa shape index (κ3) is 2.91. The van der Waals surface area contributed by atoms with Crippen molar-refractivity contribution in [3.63, 3.8) is 0 Å². The molecular formula is C22H20O3.